The Hall–Kier alpha value is -4.28. The van der Waals surface area contributed by atoms with Crippen molar-refractivity contribution in [2.75, 3.05) is 24.6 Å². The van der Waals surface area contributed by atoms with Crippen molar-refractivity contribution in [3.8, 4) is 5.69 Å². The van der Waals surface area contributed by atoms with Gasteiger partial charge in [-0.25, -0.2) is 14.4 Å². The van der Waals surface area contributed by atoms with Gasteiger partial charge in [-0.1, -0.05) is 17.3 Å². The molecule has 1 aliphatic rings. The van der Waals surface area contributed by atoms with Crippen LogP contribution in [0.15, 0.2) is 67.0 Å². The van der Waals surface area contributed by atoms with Crippen molar-refractivity contribution in [3.05, 3.63) is 83.9 Å². The van der Waals surface area contributed by atoms with E-state index in [4.69, 9.17) is 0 Å². The van der Waals surface area contributed by atoms with Gasteiger partial charge in [0.15, 0.2) is 5.65 Å². The van der Waals surface area contributed by atoms with Crippen molar-refractivity contribution in [1.29, 1.82) is 0 Å². The van der Waals surface area contributed by atoms with Crippen molar-refractivity contribution < 1.29 is 14.3 Å². The van der Waals surface area contributed by atoms with Crippen LogP contribution >= 0.6 is 0 Å². The minimum absolute atomic E-state index is 0.0445. The lowest BCUT2D eigenvalue weighted by atomic mass is 10.0. The molecule has 198 valence electrons. The Morgan fingerprint density at radius 3 is 2.87 bits per heavy atom. The molecule has 2 aromatic carbocycles. The number of hydrogen-bond acceptors (Lipinski definition) is 7. The predicted molar refractivity (Wildman–Crippen MR) is 146 cm³/mol. The molecule has 2 N–H and O–H groups in total. The molecule has 3 aromatic heterocycles. The van der Waals surface area contributed by atoms with Crippen LogP contribution in [0.5, 0.6) is 0 Å². The molecule has 0 unspecified atom stereocenters. The topological polar surface area (TPSA) is 109 Å². The molecule has 4 heterocycles. The first kappa shape index (κ1) is 25.0. The number of carbonyl (C=O) groups is 1. The van der Waals surface area contributed by atoms with Gasteiger partial charge < -0.3 is 10.4 Å². The first-order chi connectivity index (χ1) is 19.1. The minimum Gasteiger partial charge on any atom is -0.396 e. The maximum atomic E-state index is 15.7. The number of carbonyl (C=O) groups excluding carboxylic acids is 1. The summed E-state index contributed by atoms with van der Waals surface area (Å²) in [6, 6.07) is 15.7. The number of fused-ring (bicyclic) bond motifs is 2. The number of aliphatic hydroxyl groups excluding tert-OH is 1. The molecule has 10 heteroatoms. The fraction of sp³-hybridized carbons (Fsp3) is 0.276. The van der Waals surface area contributed by atoms with Gasteiger partial charge in [0.25, 0.3) is 5.91 Å². The van der Waals surface area contributed by atoms with Crippen molar-refractivity contribution in [2.45, 2.75) is 31.7 Å². The lowest BCUT2D eigenvalue weighted by Gasteiger charge is -2.34. The van der Waals surface area contributed by atoms with E-state index in [2.05, 4.69) is 25.6 Å². The average molecular weight is 526 g/mol. The molecular weight excluding hydrogens is 497 g/mol. The van der Waals surface area contributed by atoms with Gasteiger partial charge >= 0.3 is 0 Å². The Balaban J connectivity index is 1.42. The van der Waals surface area contributed by atoms with E-state index in [9.17, 15) is 9.90 Å². The SMILES string of the molecule is O=C(c1ccc(-n2nnc3cccnc32)cc1F)N(c1nccc2ccc(CCCO)cc12)[C@@H]1CCCNC1. The molecule has 1 aliphatic heterocycles. The van der Waals surface area contributed by atoms with Crippen LogP contribution in [0.3, 0.4) is 0 Å². The van der Waals surface area contributed by atoms with Crippen LogP contribution in [0, 0.1) is 5.82 Å². The zero-order chi connectivity index (χ0) is 26.8. The Bertz CT molecular complexity index is 1650. The van der Waals surface area contributed by atoms with E-state index in [1.54, 1.807) is 35.5 Å². The summed E-state index contributed by atoms with van der Waals surface area (Å²) in [4.78, 5) is 24.7. The van der Waals surface area contributed by atoms with Gasteiger partial charge in [0.1, 0.15) is 17.2 Å². The Morgan fingerprint density at radius 2 is 2.05 bits per heavy atom. The summed E-state index contributed by atoms with van der Waals surface area (Å²) in [6.45, 7) is 1.56. The number of hydrogen-bond donors (Lipinski definition) is 2. The fourth-order valence-electron chi connectivity index (χ4n) is 5.20. The van der Waals surface area contributed by atoms with Gasteiger partial charge in [0.2, 0.25) is 0 Å². The number of nitrogens with one attached hydrogen (secondary N) is 1. The van der Waals surface area contributed by atoms with Crippen LogP contribution in [0.1, 0.15) is 35.2 Å². The number of benzene rings is 2. The molecule has 1 atom stereocenters. The van der Waals surface area contributed by atoms with Gasteiger partial charge in [-0.05, 0) is 79.6 Å². The van der Waals surface area contributed by atoms with Crippen LogP contribution in [-0.2, 0) is 6.42 Å². The molecule has 9 nitrogen and oxygen atoms in total. The Labute approximate surface area is 224 Å². The van der Waals surface area contributed by atoms with Crippen molar-refractivity contribution in [3.63, 3.8) is 0 Å². The number of anilines is 1. The number of pyridine rings is 2. The molecule has 0 aliphatic carbocycles. The minimum atomic E-state index is -0.658. The number of halogens is 1. The zero-order valence-electron chi connectivity index (χ0n) is 21.3. The number of aryl methyl sites for hydroxylation is 1. The van der Waals surface area contributed by atoms with E-state index in [1.165, 1.54) is 16.8 Å². The number of aliphatic hydroxyl groups is 1. The van der Waals surface area contributed by atoms with E-state index in [0.717, 1.165) is 35.7 Å². The zero-order valence-corrected chi connectivity index (χ0v) is 21.3. The van der Waals surface area contributed by atoms with Crippen LogP contribution in [-0.4, -0.2) is 61.7 Å². The number of rotatable bonds is 7. The molecule has 1 fully saturated rings. The normalized spacial score (nSPS) is 15.6. The molecule has 5 aromatic rings. The average Bonchev–Trinajstić information content (AvgIpc) is 3.41. The third-order valence-corrected chi connectivity index (χ3v) is 7.15. The van der Waals surface area contributed by atoms with Crippen molar-refractivity contribution >= 4 is 33.7 Å². The van der Waals surface area contributed by atoms with E-state index >= 15 is 4.39 Å². The first-order valence-electron chi connectivity index (χ1n) is 13.1. The number of nitrogens with zero attached hydrogens (tertiary/aromatic N) is 6. The van der Waals surface area contributed by atoms with Gasteiger partial charge in [0, 0.05) is 37.0 Å². The Morgan fingerprint density at radius 1 is 1.13 bits per heavy atom. The summed E-state index contributed by atoms with van der Waals surface area (Å²) in [7, 11) is 0. The van der Waals surface area contributed by atoms with E-state index < -0.39 is 11.7 Å². The Kier molecular flexibility index (Phi) is 6.95. The summed E-state index contributed by atoms with van der Waals surface area (Å²) in [5.41, 5.74) is 2.52. The second kappa shape index (κ2) is 10.8. The molecule has 0 bridgehead atoms. The molecule has 1 saturated heterocycles. The summed E-state index contributed by atoms with van der Waals surface area (Å²) < 4.78 is 17.1. The second-order valence-electron chi connectivity index (χ2n) is 9.70. The van der Waals surface area contributed by atoms with Crippen LogP contribution < -0.4 is 10.2 Å². The van der Waals surface area contributed by atoms with E-state index in [-0.39, 0.29) is 18.2 Å². The summed E-state index contributed by atoms with van der Waals surface area (Å²) >= 11 is 0. The highest BCUT2D eigenvalue weighted by molar-refractivity contribution is 6.10. The highest BCUT2D eigenvalue weighted by atomic mass is 19.1. The lowest BCUT2D eigenvalue weighted by Crippen LogP contribution is -2.49. The van der Waals surface area contributed by atoms with Crippen LogP contribution in [0.2, 0.25) is 0 Å². The maximum absolute atomic E-state index is 15.7. The van der Waals surface area contributed by atoms with Gasteiger partial charge in [0.05, 0.1) is 17.3 Å². The lowest BCUT2D eigenvalue weighted by molar-refractivity contribution is 0.0968. The highest BCUT2D eigenvalue weighted by Gasteiger charge is 2.31. The maximum Gasteiger partial charge on any atom is 0.262 e. The smallest absolute Gasteiger partial charge is 0.262 e. The summed E-state index contributed by atoms with van der Waals surface area (Å²) in [5.74, 6) is -0.600. The van der Waals surface area contributed by atoms with Gasteiger partial charge in [-0.3, -0.25) is 9.69 Å². The van der Waals surface area contributed by atoms with Gasteiger partial charge in [-0.2, -0.15) is 4.68 Å². The standard InChI is InChI=1S/C29H28FN7O2/c30-25-17-21(37-28-26(34-35-37)6-2-13-32-28)9-10-23(25)29(39)36(22-5-1-12-31-18-22)27-24-16-19(4-3-15-38)7-8-20(24)11-14-33-27/h2,6-11,13-14,16-17,22,31,38H,1,3-5,12,15,18H2/t22-/m1/s1. The molecule has 0 spiro atoms. The monoisotopic (exact) mass is 525 g/mol. The molecule has 6 rings (SSSR count). The number of piperidine rings is 1. The third-order valence-electron chi connectivity index (χ3n) is 7.15. The molecule has 0 saturated carbocycles. The number of amides is 1. The molecular formula is C29H28FN7O2. The fourth-order valence-corrected chi connectivity index (χ4v) is 5.20. The van der Waals surface area contributed by atoms with Crippen LogP contribution in [0.25, 0.3) is 27.6 Å². The van der Waals surface area contributed by atoms with Crippen LogP contribution in [0.4, 0.5) is 10.2 Å². The predicted octanol–water partition coefficient (Wildman–Crippen LogP) is 3.83. The van der Waals surface area contributed by atoms with Gasteiger partial charge in [-0.15, -0.1) is 5.10 Å². The molecule has 39 heavy (non-hydrogen) atoms. The van der Waals surface area contributed by atoms with E-state index in [0.29, 0.717) is 42.1 Å². The third kappa shape index (κ3) is 4.84. The second-order valence-corrected chi connectivity index (χ2v) is 9.70. The quantitative estimate of drug-likeness (QED) is 0.332. The van der Waals surface area contributed by atoms with Crippen molar-refractivity contribution in [1.82, 2.24) is 30.3 Å². The summed E-state index contributed by atoms with van der Waals surface area (Å²) in [6.07, 6.45) is 6.33. The van der Waals surface area contributed by atoms with Crippen molar-refractivity contribution in [2.24, 2.45) is 0 Å². The molecule has 0 radical (unpaired) electrons. The van der Waals surface area contributed by atoms with E-state index in [1.807, 2.05) is 24.3 Å². The largest absolute Gasteiger partial charge is 0.396 e. The molecule has 1 amide bonds. The number of aromatic nitrogens is 5. The summed E-state index contributed by atoms with van der Waals surface area (Å²) in [5, 5.41) is 22.6. The first-order valence-corrected chi connectivity index (χ1v) is 13.1. The highest BCUT2D eigenvalue weighted by Crippen LogP contribution is 2.31.